The zero-order valence-electron chi connectivity index (χ0n) is 10.8. The zero-order valence-corrected chi connectivity index (χ0v) is 11.6. The molecule has 1 atom stereocenters. The predicted molar refractivity (Wildman–Crippen MR) is 72.4 cm³/mol. The van der Waals surface area contributed by atoms with Crippen molar-refractivity contribution in [1.29, 1.82) is 0 Å². The average molecular weight is 302 g/mol. The number of benzene rings is 1. The maximum absolute atomic E-state index is 13.7. The second-order valence-electron chi connectivity index (χ2n) is 4.78. The molecule has 3 N–H and O–H groups in total. The lowest BCUT2D eigenvalue weighted by molar-refractivity contribution is 0.466. The van der Waals surface area contributed by atoms with Gasteiger partial charge in [0.2, 0.25) is 10.0 Å². The number of hydrogen-bond donors (Lipinski definition) is 2. The van der Waals surface area contributed by atoms with E-state index in [0.717, 1.165) is 31.4 Å². The van der Waals surface area contributed by atoms with Crippen LogP contribution < -0.4 is 10.5 Å². The molecule has 0 bridgehead atoms. The predicted octanol–water partition coefficient (Wildman–Crippen LogP) is 2.18. The Labute approximate surface area is 116 Å². The third-order valence-corrected chi connectivity index (χ3v) is 4.76. The molecular weight excluding hydrogens is 286 g/mol. The Morgan fingerprint density at radius 2 is 2.05 bits per heavy atom. The minimum Gasteiger partial charge on any atom is -0.394 e. The standard InChI is InChI=1S/C13H16F2N2O2S/c14-10-6-7-11(12(15)13(10)16)20(18,19)17-8-9-4-2-1-3-5-9/h1-2,6-7,9,17H,3-5,8,16H2. The number of hydrogen-bond acceptors (Lipinski definition) is 3. The minimum atomic E-state index is -4.03. The highest BCUT2D eigenvalue weighted by molar-refractivity contribution is 7.89. The maximum atomic E-state index is 13.7. The Balaban J connectivity index is 2.14. The van der Waals surface area contributed by atoms with Crippen molar-refractivity contribution in [2.75, 3.05) is 12.3 Å². The van der Waals surface area contributed by atoms with Gasteiger partial charge in [-0.15, -0.1) is 0 Å². The van der Waals surface area contributed by atoms with Crippen LogP contribution in [0.1, 0.15) is 19.3 Å². The minimum absolute atomic E-state index is 0.190. The van der Waals surface area contributed by atoms with Crippen LogP contribution in [0.3, 0.4) is 0 Å². The van der Waals surface area contributed by atoms with E-state index in [1.807, 2.05) is 12.2 Å². The molecular formula is C13H16F2N2O2S. The largest absolute Gasteiger partial charge is 0.394 e. The van der Waals surface area contributed by atoms with Gasteiger partial charge in [-0.1, -0.05) is 12.2 Å². The SMILES string of the molecule is Nc1c(F)ccc(S(=O)(=O)NCC2CC=CCC2)c1F. The molecule has 0 aromatic heterocycles. The van der Waals surface area contributed by atoms with Gasteiger partial charge in [0.1, 0.15) is 16.4 Å². The van der Waals surface area contributed by atoms with Crippen LogP contribution in [0.25, 0.3) is 0 Å². The lowest BCUT2D eigenvalue weighted by Crippen LogP contribution is -2.30. The van der Waals surface area contributed by atoms with E-state index >= 15 is 0 Å². The first-order valence-electron chi connectivity index (χ1n) is 6.30. The molecule has 1 aliphatic rings. The molecule has 0 saturated heterocycles. The maximum Gasteiger partial charge on any atom is 0.243 e. The van der Waals surface area contributed by atoms with Crippen LogP contribution in [0.2, 0.25) is 0 Å². The molecule has 2 rings (SSSR count). The summed E-state index contributed by atoms with van der Waals surface area (Å²) in [6.45, 7) is 0.226. The lowest BCUT2D eigenvalue weighted by atomic mass is 9.95. The number of allylic oxidation sites excluding steroid dienone is 2. The Hall–Kier alpha value is -1.47. The van der Waals surface area contributed by atoms with E-state index in [9.17, 15) is 17.2 Å². The third kappa shape index (κ3) is 3.16. The first kappa shape index (κ1) is 14.9. The number of halogens is 2. The topological polar surface area (TPSA) is 72.2 Å². The van der Waals surface area contributed by atoms with Crippen LogP contribution in [0, 0.1) is 17.6 Å². The molecule has 0 heterocycles. The molecule has 0 saturated carbocycles. The van der Waals surface area contributed by atoms with Gasteiger partial charge in [-0.25, -0.2) is 21.9 Å². The lowest BCUT2D eigenvalue weighted by Gasteiger charge is -2.18. The van der Waals surface area contributed by atoms with Gasteiger partial charge in [-0.05, 0) is 37.3 Å². The third-order valence-electron chi connectivity index (χ3n) is 3.32. The van der Waals surface area contributed by atoms with E-state index in [1.165, 1.54) is 0 Å². The Bertz CT molecular complexity index is 630. The van der Waals surface area contributed by atoms with Gasteiger partial charge in [-0.2, -0.15) is 0 Å². The Morgan fingerprint density at radius 1 is 1.30 bits per heavy atom. The monoisotopic (exact) mass is 302 g/mol. The molecule has 1 aliphatic carbocycles. The molecule has 0 fully saturated rings. The van der Waals surface area contributed by atoms with Crippen molar-refractivity contribution in [3.05, 3.63) is 35.9 Å². The van der Waals surface area contributed by atoms with Crippen molar-refractivity contribution in [3.8, 4) is 0 Å². The quantitative estimate of drug-likeness (QED) is 0.661. The van der Waals surface area contributed by atoms with Crippen LogP contribution in [0.4, 0.5) is 14.5 Å². The number of anilines is 1. The summed E-state index contributed by atoms with van der Waals surface area (Å²) < 4.78 is 53.1. The van der Waals surface area contributed by atoms with E-state index in [0.29, 0.717) is 0 Å². The van der Waals surface area contributed by atoms with Crippen molar-refractivity contribution in [1.82, 2.24) is 4.72 Å². The van der Waals surface area contributed by atoms with Crippen LogP contribution in [0.5, 0.6) is 0 Å². The average Bonchev–Trinajstić information content (AvgIpc) is 2.44. The van der Waals surface area contributed by atoms with Crippen LogP contribution in [-0.2, 0) is 10.0 Å². The van der Waals surface area contributed by atoms with Gasteiger partial charge in [0.15, 0.2) is 5.82 Å². The summed E-state index contributed by atoms with van der Waals surface area (Å²) in [5.41, 5.74) is 4.38. The molecule has 0 radical (unpaired) electrons. The van der Waals surface area contributed by atoms with Gasteiger partial charge in [0.25, 0.3) is 0 Å². The number of nitrogens with two attached hydrogens (primary N) is 1. The molecule has 4 nitrogen and oxygen atoms in total. The van der Waals surface area contributed by atoms with Crippen molar-refractivity contribution >= 4 is 15.7 Å². The highest BCUT2D eigenvalue weighted by atomic mass is 32.2. The fourth-order valence-corrected chi connectivity index (χ4v) is 3.31. The molecule has 20 heavy (non-hydrogen) atoms. The zero-order chi connectivity index (χ0) is 14.8. The van der Waals surface area contributed by atoms with Gasteiger partial charge < -0.3 is 5.73 Å². The number of rotatable bonds is 4. The van der Waals surface area contributed by atoms with E-state index in [-0.39, 0.29) is 12.5 Å². The normalized spacial score (nSPS) is 19.2. The van der Waals surface area contributed by atoms with E-state index in [4.69, 9.17) is 5.73 Å². The summed E-state index contributed by atoms with van der Waals surface area (Å²) in [6, 6.07) is 1.72. The molecule has 1 aromatic carbocycles. The van der Waals surface area contributed by atoms with Gasteiger partial charge in [0, 0.05) is 6.54 Å². The van der Waals surface area contributed by atoms with Crippen molar-refractivity contribution < 1.29 is 17.2 Å². The van der Waals surface area contributed by atoms with Crippen LogP contribution in [-0.4, -0.2) is 15.0 Å². The summed E-state index contributed by atoms with van der Waals surface area (Å²) >= 11 is 0. The number of nitrogens with one attached hydrogen (secondary N) is 1. The van der Waals surface area contributed by atoms with Crippen molar-refractivity contribution in [2.24, 2.45) is 5.92 Å². The number of nitrogen functional groups attached to an aromatic ring is 1. The van der Waals surface area contributed by atoms with Gasteiger partial charge in [-0.3, -0.25) is 0 Å². The smallest absolute Gasteiger partial charge is 0.243 e. The summed E-state index contributed by atoms with van der Waals surface area (Å²) in [6.07, 6.45) is 6.62. The van der Waals surface area contributed by atoms with Crippen LogP contribution >= 0.6 is 0 Å². The summed E-state index contributed by atoms with van der Waals surface area (Å²) in [7, 11) is -4.03. The molecule has 0 spiro atoms. The summed E-state index contributed by atoms with van der Waals surface area (Å²) in [4.78, 5) is -0.622. The molecule has 0 amide bonds. The van der Waals surface area contributed by atoms with Crippen LogP contribution in [0.15, 0.2) is 29.2 Å². The summed E-state index contributed by atoms with van der Waals surface area (Å²) in [5, 5.41) is 0. The van der Waals surface area contributed by atoms with E-state index < -0.39 is 32.2 Å². The van der Waals surface area contributed by atoms with E-state index in [1.54, 1.807) is 0 Å². The van der Waals surface area contributed by atoms with Crippen molar-refractivity contribution in [3.63, 3.8) is 0 Å². The Kier molecular flexibility index (Phi) is 4.39. The molecule has 0 aliphatic heterocycles. The highest BCUT2D eigenvalue weighted by Gasteiger charge is 2.23. The first-order chi connectivity index (χ1) is 9.42. The second-order valence-corrected chi connectivity index (χ2v) is 6.51. The fraction of sp³-hybridized carbons (Fsp3) is 0.385. The second kappa shape index (κ2) is 5.88. The molecule has 1 aromatic rings. The number of sulfonamides is 1. The molecule has 110 valence electrons. The molecule has 7 heteroatoms. The van der Waals surface area contributed by atoms with Gasteiger partial charge in [0.05, 0.1) is 0 Å². The van der Waals surface area contributed by atoms with E-state index in [2.05, 4.69) is 4.72 Å². The highest BCUT2D eigenvalue weighted by Crippen LogP contribution is 2.23. The van der Waals surface area contributed by atoms with Gasteiger partial charge >= 0.3 is 0 Å². The molecule has 1 unspecified atom stereocenters. The summed E-state index contributed by atoms with van der Waals surface area (Å²) in [5.74, 6) is -2.03. The first-order valence-corrected chi connectivity index (χ1v) is 7.78. The Morgan fingerprint density at radius 3 is 2.70 bits per heavy atom. The van der Waals surface area contributed by atoms with Crippen molar-refractivity contribution in [2.45, 2.75) is 24.2 Å². The fourth-order valence-electron chi connectivity index (χ4n) is 2.10.